The minimum atomic E-state index is -0.130. The van der Waals surface area contributed by atoms with Crippen LogP contribution in [-0.4, -0.2) is 0 Å². The Morgan fingerprint density at radius 1 is 1.16 bits per heavy atom. The molecule has 96 valence electrons. The monoisotopic (exact) mass is 287 g/mol. The molecular weight excluding hydrogens is 274 g/mol. The summed E-state index contributed by atoms with van der Waals surface area (Å²) in [5, 5.41) is 4.15. The van der Waals surface area contributed by atoms with Crippen LogP contribution in [0, 0.1) is 6.92 Å². The summed E-state index contributed by atoms with van der Waals surface area (Å²) in [5.74, 6) is 0. The van der Waals surface area contributed by atoms with Crippen LogP contribution in [0.3, 0.4) is 0 Å². The molecule has 3 heteroatoms. The van der Waals surface area contributed by atoms with Crippen LogP contribution in [0.5, 0.6) is 0 Å². The van der Waals surface area contributed by atoms with Crippen molar-refractivity contribution in [2.24, 2.45) is 5.73 Å². The summed E-state index contributed by atoms with van der Waals surface area (Å²) in [7, 11) is 0. The molecule has 0 amide bonds. The number of hydrogen-bond donors (Lipinski definition) is 1. The van der Waals surface area contributed by atoms with Gasteiger partial charge < -0.3 is 5.73 Å². The number of nitrogens with two attached hydrogens (primary N) is 1. The number of aryl methyl sites for hydroxylation is 1. The van der Waals surface area contributed by atoms with Crippen molar-refractivity contribution in [3.8, 4) is 0 Å². The van der Waals surface area contributed by atoms with Crippen LogP contribution in [0.15, 0.2) is 47.8 Å². The lowest BCUT2D eigenvalue weighted by molar-refractivity contribution is 0.884. The fourth-order valence-electron chi connectivity index (χ4n) is 2.22. The van der Waals surface area contributed by atoms with Crippen molar-refractivity contribution in [3.63, 3.8) is 0 Å². The van der Waals surface area contributed by atoms with Gasteiger partial charge in [0.2, 0.25) is 0 Å². The first-order chi connectivity index (χ1) is 9.16. The summed E-state index contributed by atoms with van der Waals surface area (Å²) in [5.41, 5.74) is 9.69. The van der Waals surface area contributed by atoms with Crippen LogP contribution in [0.2, 0.25) is 5.02 Å². The van der Waals surface area contributed by atoms with Gasteiger partial charge in [-0.2, -0.15) is 0 Å². The third kappa shape index (κ3) is 2.27. The highest BCUT2D eigenvalue weighted by molar-refractivity contribution is 7.17. The van der Waals surface area contributed by atoms with E-state index in [1.54, 1.807) is 11.3 Å². The van der Waals surface area contributed by atoms with Crippen molar-refractivity contribution < 1.29 is 0 Å². The zero-order valence-corrected chi connectivity index (χ0v) is 12.1. The molecule has 0 aliphatic carbocycles. The summed E-state index contributed by atoms with van der Waals surface area (Å²) >= 11 is 7.92. The zero-order chi connectivity index (χ0) is 13.4. The Labute approximate surface area is 121 Å². The van der Waals surface area contributed by atoms with Gasteiger partial charge in [0.05, 0.1) is 6.04 Å². The maximum absolute atomic E-state index is 6.39. The minimum absolute atomic E-state index is 0.130. The van der Waals surface area contributed by atoms with Gasteiger partial charge in [-0.15, -0.1) is 11.3 Å². The minimum Gasteiger partial charge on any atom is -0.320 e. The van der Waals surface area contributed by atoms with Crippen LogP contribution in [-0.2, 0) is 0 Å². The maximum Gasteiger partial charge on any atom is 0.0566 e. The van der Waals surface area contributed by atoms with Gasteiger partial charge in [0.25, 0.3) is 0 Å². The molecule has 1 unspecified atom stereocenters. The predicted molar refractivity (Wildman–Crippen MR) is 84.0 cm³/mol. The summed E-state index contributed by atoms with van der Waals surface area (Å²) in [6.07, 6.45) is 0. The van der Waals surface area contributed by atoms with E-state index >= 15 is 0 Å². The summed E-state index contributed by atoms with van der Waals surface area (Å²) in [6.45, 7) is 2.00. The molecule has 2 aromatic carbocycles. The largest absolute Gasteiger partial charge is 0.320 e. The lowest BCUT2D eigenvalue weighted by Crippen LogP contribution is -2.11. The van der Waals surface area contributed by atoms with Gasteiger partial charge >= 0.3 is 0 Å². The lowest BCUT2D eigenvalue weighted by atomic mass is 9.98. The number of rotatable bonds is 2. The van der Waals surface area contributed by atoms with E-state index in [4.69, 9.17) is 17.3 Å². The quantitative estimate of drug-likeness (QED) is 0.712. The highest BCUT2D eigenvalue weighted by atomic mass is 35.5. The number of hydrogen-bond acceptors (Lipinski definition) is 2. The summed E-state index contributed by atoms with van der Waals surface area (Å²) in [4.78, 5) is 0. The van der Waals surface area contributed by atoms with Gasteiger partial charge in [0.1, 0.15) is 0 Å². The fraction of sp³-hybridized carbons (Fsp3) is 0.125. The molecule has 0 saturated heterocycles. The fourth-order valence-corrected chi connectivity index (χ4v) is 3.41. The molecule has 0 spiro atoms. The Morgan fingerprint density at radius 2 is 1.95 bits per heavy atom. The number of fused-ring (bicyclic) bond motifs is 1. The van der Waals surface area contributed by atoms with Crippen molar-refractivity contribution in [3.05, 3.63) is 69.6 Å². The molecule has 3 aromatic rings. The normalized spacial score (nSPS) is 12.8. The number of halogens is 1. The topological polar surface area (TPSA) is 26.0 Å². The SMILES string of the molecule is Cc1ccc(C(N)c2csc3ccccc23)cc1Cl. The first kappa shape index (κ1) is 12.7. The zero-order valence-electron chi connectivity index (χ0n) is 10.6. The van der Waals surface area contributed by atoms with Gasteiger partial charge in [-0.3, -0.25) is 0 Å². The van der Waals surface area contributed by atoms with E-state index in [9.17, 15) is 0 Å². The maximum atomic E-state index is 6.39. The van der Waals surface area contributed by atoms with Crippen LogP contribution < -0.4 is 5.73 Å². The Balaban J connectivity index is 2.08. The van der Waals surface area contributed by atoms with Crippen LogP contribution >= 0.6 is 22.9 Å². The Kier molecular flexibility index (Phi) is 3.31. The van der Waals surface area contributed by atoms with Gasteiger partial charge in [0, 0.05) is 9.72 Å². The molecule has 0 aliphatic heterocycles. The molecule has 0 fully saturated rings. The van der Waals surface area contributed by atoms with Crippen LogP contribution in [0.25, 0.3) is 10.1 Å². The van der Waals surface area contributed by atoms with Gasteiger partial charge in [0.15, 0.2) is 0 Å². The molecule has 1 heterocycles. The van der Waals surface area contributed by atoms with E-state index in [0.717, 1.165) is 16.1 Å². The van der Waals surface area contributed by atoms with Crippen LogP contribution in [0.4, 0.5) is 0 Å². The Bertz CT molecular complexity index is 732. The third-order valence-corrected chi connectivity index (χ3v) is 4.79. The molecule has 0 bridgehead atoms. The van der Waals surface area contributed by atoms with E-state index in [1.807, 2.05) is 25.1 Å². The highest BCUT2D eigenvalue weighted by Crippen LogP contribution is 2.33. The van der Waals surface area contributed by atoms with Crippen molar-refractivity contribution >= 4 is 33.0 Å². The molecule has 2 N–H and O–H groups in total. The highest BCUT2D eigenvalue weighted by Gasteiger charge is 2.14. The van der Waals surface area contributed by atoms with E-state index in [-0.39, 0.29) is 6.04 Å². The van der Waals surface area contributed by atoms with Crippen molar-refractivity contribution in [1.29, 1.82) is 0 Å². The van der Waals surface area contributed by atoms with Gasteiger partial charge in [-0.1, -0.05) is 41.9 Å². The van der Waals surface area contributed by atoms with Crippen molar-refractivity contribution in [1.82, 2.24) is 0 Å². The first-order valence-corrected chi connectivity index (χ1v) is 7.40. The van der Waals surface area contributed by atoms with Crippen molar-refractivity contribution in [2.75, 3.05) is 0 Å². The standard InChI is InChI=1S/C16H14ClNS/c1-10-6-7-11(8-14(10)17)16(18)13-9-19-15-5-3-2-4-12(13)15/h2-9,16H,18H2,1H3. The number of benzene rings is 2. The average molecular weight is 288 g/mol. The molecule has 0 aliphatic rings. The lowest BCUT2D eigenvalue weighted by Gasteiger charge is -2.13. The summed E-state index contributed by atoms with van der Waals surface area (Å²) < 4.78 is 1.27. The molecule has 19 heavy (non-hydrogen) atoms. The second-order valence-electron chi connectivity index (χ2n) is 4.67. The predicted octanol–water partition coefficient (Wildman–Crippen LogP) is 4.91. The molecule has 0 saturated carbocycles. The van der Waals surface area contributed by atoms with E-state index in [0.29, 0.717) is 0 Å². The molecule has 1 atom stereocenters. The molecule has 0 radical (unpaired) electrons. The second kappa shape index (κ2) is 4.97. The molecule has 1 nitrogen and oxygen atoms in total. The number of thiophene rings is 1. The van der Waals surface area contributed by atoms with E-state index in [2.05, 4.69) is 29.6 Å². The molecule has 1 aromatic heterocycles. The summed E-state index contributed by atoms with van der Waals surface area (Å²) in [6, 6.07) is 14.3. The third-order valence-electron chi connectivity index (χ3n) is 3.40. The molecular formula is C16H14ClNS. The Hall–Kier alpha value is -1.35. The second-order valence-corrected chi connectivity index (χ2v) is 5.99. The van der Waals surface area contributed by atoms with Crippen LogP contribution in [0.1, 0.15) is 22.7 Å². The Morgan fingerprint density at radius 3 is 2.74 bits per heavy atom. The van der Waals surface area contributed by atoms with E-state index in [1.165, 1.54) is 15.6 Å². The average Bonchev–Trinajstić information content (AvgIpc) is 2.85. The van der Waals surface area contributed by atoms with Crippen molar-refractivity contribution in [2.45, 2.75) is 13.0 Å². The van der Waals surface area contributed by atoms with Gasteiger partial charge in [-0.05, 0) is 46.5 Å². The van der Waals surface area contributed by atoms with Gasteiger partial charge in [-0.25, -0.2) is 0 Å². The van der Waals surface area contributed by atoms with E-state index < -0.39 is 0 Å². The molecule has 3 rings (SSSR count). The first-order valence-electron chi connectivity index (χ1n) is 6.14. The smallest absolute Gasteiger partial charge is 0.0566 e.